The van der Waals surface area contributed by atoms with Crippen LogP contribution in [0.25, 0.3) is 107 Å². The Bertz CT molecular complexity index is 3780. The quantitative estimate of drug-likeness (QED) is 0.129. The molecule has 74 heavy (non-hydrogen) atoms. The zero-order chi connectivity index (χ0) is 51.1. The molecule has 6 heteroatoms. The Balaban J connectivity index is 1.22. The Labute approximate surface area is 436 Å². The molecule has 3 heterocycles. The minimum absolute atomic E-state index is 0.0954. The van der Waals surface area contributed by atoms with E-state index in [1.165, 1.54) is 27.8 Å². The average Bonchev–Trinajstić information content (AvgIpc) is 3.76. The molecule has 3 aromatic heterocycles. The van der Waals surface area contributed by atoms with Crippen LogP contribution in [0.1, 0.15) is 83.6 Å². The van der Waals surface area contributed by atoms with Crippen molar-refractivity contribution in [3.63, 3.8) is 0 Å². The van der Waals surface area contributed by atoms with E-state index in [2.05, 4.69) is 230 Å². The molecule has 364 valence electrons. The minimum atomic E-state index is -0.0963. The Morgan fingerprint density at radius 1 is 0.392 bits per heavy atom. The number of para-hydroxylation sites is 1. The molecule has 0 unspecified atom stereocenters. The molecule has 8 aromatic carbocycles. The minimum Gasteiger partial charge on any atom is -0.309 e. The maximum absolute atomic E-state index is 5.62. The van der Waals surface area contributed by atoms with E-state index < -0.39 is 0 Å². The molecule has 0 aliphatic rings. The lowest BCUT2D eigenvalue weighted by molar-refractivity contribution is 0.589. The van der Waals surface area contributed by atoms with Gasteiger partial charge in [0.1, 0.15) is 0 Å². The van der Waals surface area contributed by atoms with Crippen LogP contribution in [0.5, 0.6) is 0 Å². The van der Waals surface area contributed by atoms with Gasteiger partial charge >= 0.3 is 0 Å². The highest BCUT2D eigenvalue weighted by Gasteiger charge is 2.24. The SMILES string of the molecule is CCCCc1cc(-c2nc(-c3cc(C)cc(C(C)(C)C)c3)nc(-c3cc(-c4cc(-c5ccccc5)nc(-c5ccccc5)n4)ccc3-n3c4ccccc4c4cc(-c5ccccc5)ccc43)n2)cc(C(C)(C)C)c1. The first-order chi connectivity index (χ1) is 35.8. The molecule has 0 aliphatic heterocycles. The van der Waals surface area contributed by atoms with Gasteiger partial charge in [0, 0.05) is 44.2 Å². The summed E-state index contributed by atoms with van der Waals surface area (Å²) < 4.78 is 2.39. The summed E-state index contributed by atoms with van der Waals surface area (Å²) in [4.78, 5) is 27.2. The fourth-order valence-electron chi connectivity index (χ4n) is 10.1. The smallest absolute Gasteiger partial charge is 0.166 e. The van der Waals surface area contributed by atoms with Gasteiger partial charge in [0.25, 0.3) is 0 Å². The first-order valence-corrected chi connectivity index (χ1v) is 26.0. The van der Waals surface area contributed by atoms with Gasteiger partial charge in [-0.1, -0.05) is 194 Å². The summed E-state index contributed by atoms with van der Waals surface area (Å²) in [7, 11) is 0. The zero-order valence-corrected chi connectivity index (χ0v) is 43.8. The number of aryl methyl sites for hydroxylation is 2. The maximum atomic E-state index is 5.62. The molecular weight excluding hydrogens is 901 g/mol. The van der Waals surface area contributed by atoms with Crippen molar-refractivity contribution in [2.24, 2.45) is 0 Å². The molecule has 0 aliphatic carbocycles. The first kappa shape index (κ1) is 47.9. The molecule has 0 saturated heterocycles. The van der Waals surface area contributed by atoms with Gasteiger partial charge in [-0.2, -0.15) is 0 Å². The van der Waals surface area contributed by atoms with Gasteiger partial charge in [0.05, 0.1) is 28.1 Å². The Morgan fingerprint density at radius 2 is 0.932 bits per heavy atom. The van der Waals surface area contributed by atoms with Crippen molar-refractivity contribution < 1.29 is 0 Å². The van der Waals surface area contributed by atoms with E-state index in [0.29, 0.717) is 23.3 Å². The molecule has 0 amide bonds. The van der Waals surface area contributed by atoms with E-state index in [1.54, 1.807) is 0 Å². The highest BCUT2D eigenvalue weighted by atomic mass is 15.1. The van der Waals surface area contributed by atoms with E-state index in [9.17, 15) is 0 Å². The highest BCUT2D eigenvalue weighted by molar-refractivity contribution is 6.11. The number of nitrogens with zero attached hydrogens (tertiary/aromatic N) is 6. The van der Waals surface area contributed by atoms with Gasteiger partial charge in [-0.3, -0.25) is 0 Å². The van der Waals surface area contributed by atoms with Crippen molar-refractivity contribution >= 4 is 21.8 Å². The van der Waals surface area contributed by atoms with Crippen molar-refractivity contribution in [1.29, 1.82) is 0 Å². The predicted molar refractivity (Wildman–Crippen MR) is 309 cm³/mol. The number of aromatic nitrogens is 6. The number of unbranched alkanes of at least 4 members (excludes halogenated alkanes) is 1. The molecular formula is C68H62N6. The summed E-state index contributed by atoms with van der Waals surface area (Å²) in [6, 6.07) is 69.2. The van der Waals surface area contributed by atoms with Crippen molar-refractivity contribution in [2.45, 2.75) is 85.5 Å². The second-order valence-electron chi connectivity index (χ2n) is 21.8. The van der Waals surface area contributed by atoms with Crippen LogP contribution in [0.3, 0.4) is 0 Å². The summed E-state index contributed by atoms with van der Waals surface area (Å²) in [6.07, 6.45) is 3.19. The highest BCUT2D eigenvalue weighted by Crippen LogP contribution is 2.41. The topological polar surface area (TPSA) is 69.4 Å². The van der Waals surface area contributed by atoms with Crippen LogP contribution in [0.15, 0.2) is 194 Å². The average molecular weight is 963 g/mol. The fourth-order valence-corrected chi connectivity index (χ4v) is 10.1. The third-order valence-electron chi connectivity index (χ3n) is 14.2. The molecule has 11 aromatic rings. The van der Waals surface area contributed by atoms with Gasteiger partial charge in [-0.15, -0.1) is 0 Å². The van der Waals surface area contributed by atoms with Crippen LogP contribution in [-0.2, 0) is 17.3 Å². The first-order valence-electron chi connectivity index (χ1n) is 26.0. The standard InChI is InChI=1S/C68H62N6/c1-9-10-22-45-37-52(40-54(38-45)68(6,7)8)65-71-64(51-35-44(2)36-53(39-51)67(3,4)5)72-66(73-65)57-42-50(59-43-58(47-25-16-12-17-26-47)69-63(70-59)48-27-18-13-19-28-48)32-34-62(57)74-60-30-21-20-29-55(60)56-41-49(31-33-61(56)74)46-23-14-11-15-24-46/h11-21,23-43H,9-10,22H2,1-8H3. The maximum Gasteiger partial charge on any atom is 0.166 e. The van der Waals surface area contributed by atoms with Crippen LogP contribution < -0.4 is 0 Å². The molecule has 0 N–H and O–H groups in total. The molecule has 0 fully saturated rings. The molecule has 0 bridgehead atoms. The predicted octanol–water partition coefficient (Wildman–Crippen LogP) is 17.7. The van der Waals surface area contributed by atoms with E-state index in [0.717, 1.165) is 97.1 Å². The zero-order valence-electron chi connectivity index (χ0n) is 43.8. The summed E-state index contributed by atoms with van der Waals surface area (Å²) in [6.45, 7) is 18.1. The number of fused-ring (bicyclic) bond motifs is 3. The van der Waals surface area contributed by atoms with Crippen LogP contribution in [0.2, 0.25) is 0 Å². The van der Waals surface area contributed by atoms with E-state index in [4.69, 9.17) is 24.9 Å². The Hall–Kier alpha value is -8.35. The summed E-state index contributed by atoms with van der Waals surface area (Å²) in [5, 5.41) is 2.33. The number of hydrogen-bond acceptors (Lipinski definition) is 5. The molecule has 0 radical (unpaired) electrons. The second kappa shape index (κ2) is 19.6. The van der Waals surface area contributed by atoms with Crippen molar-refractivity contribution in [1.82, 2.24) is 29.5 Å². The van der Waals surface area contributed by atoms with E-state index in [-0.39, 0.29) is 10.8 Å². The monoisotopic (exact) mass is 963 g/mol. The number of rotatable bonds is 11. The third-order valence-corrected chi connectivity index (χ3v) is 14.2. The van der Waals surface area contributed by atoms with Crippen LogP contribution >= 0.6 is 0 Å². The molecule has 11 rings (SSSR count). The van der Waals surface area contributed by atoms with Gasteiger partial charge in [-0.05, 0) is 119 Å². The van der Waals surface area contributed by atoms with Gasteiger partial charge in [0.15, 0.2) is 23.3 Å². The van der Waals surface area contributed by atoms with Gasteiger partial charge in [-0.25, -0.2) is 24.9 Å². The van der Waals surface area contributed by atoms with Crippen LogP contribution in [0, 0.1) is 6.92 Å². The van der Waals surface area contributed by atoms with Crippen molar-refractivity contribution in [3.05, 3.63) is 216 Å². The van der Waals surface area contributed by atoms with Crippen molar-refractivity contribution in [3.8, 4) is 84.9 Å². The lowest BCUT2D eigenvalue weighted by atomic mass is 9.84. The second-order valence-corrected chi connectivity index (χ2v) is 21.8. The molecule has 6 nitrogen and oxygen atoms in total. The van der Waals surface area contributed by atoms with E-state index in [1.807, 2.05) is 24.3 Å². The van der Waals surface area contributed by atoms with E-state index >= 15 is 0 Å². The molecule has 0 spiro atoms. The van der Waals surface area contributed by atoms with Gasteiger partial charge in [0.2, 0.25) is 0 Å². The summed E-state index contributed by atoms with van der Waals surface area (Å²) >= 11 is 0. The third kappa shape index (κ3) is 9.68. The Morgan fingerprint density at radius 3 is 1.59 bits per heavy atom. The van der Waals surface area contributed by atoms with Gasteiger partial charge < -0.3 is 4.57 Å². The summed E-state index contributed by atoms with van der Waals surface area (Å²) in [5.74, 6) is 2.49. The Kier molecular flexibility index (Phi) is 12.7. The normalized spacial score (nSPS) is 11.9. The number of benzene rings is 8. The molecule has 0 atom stereocenters. The summed E-state index contributed by atoms with van der Waals surface area (Å²) in [5.41, 5.74) is 17.5. The lowest BCUT2D eigenvalue weighted by Gasteiger charge is -2.22. The van der Waals surface area contributed by atoms with Crippen LogP contribution in [0.4, 0.5) is 0 Å². The number of hydrogen-bond donors (Lipinski definition) is 0. The largest absolute Gasteiger partial charge is 0.309 e. The molecule has 0 saturated carbocycles. The van der Waals surface area contributed by atoms with Crippen molar-refractivity contribution in [2.75, 3.05) is 0 Å². The lowest BCUT2D eigenvalue weighted by Crippen LogP contribution is -2.12. The van der Waals surface area contributed by atoms with Crippen LogP contribution in [-0.4, -0.2) is 29.5 Å². The fraction of sp³-hybridized carbons (Fsp3) is 0.191.